The highest BCUT2D eigenvalue weighted by molar-refractivity contribution is 5.84. The molecule has 0 saturated heterocycles. The van der Waals surface area contributed by atoms with Gasteiger partial charge in [0.1, 0.15) is 11.9 Å². The van der Waals surface area contributed by atoms with Gasteiger partial charge in [-0.3, -0.25) is 14.2 Å². The average molecular weight is 383 g/mol. The number of carbonyl (C=O) groups is 1. The molecule has 1 heterocycles. The van der Waals surface area contributed by atoms with E-state index in [1.54, 1.807) is 24.3 Å². The Morgan fingerprint density at radius 2 is 1.75 bits per heavy atom. The number of carbonyl (C=O) groups excluding carboxylic acids is 1. The summed E-state index contributed by atoms with van der Waals surface area (Å²) < 4.78 is 15.7. The van der Waals surface area contributed by atoms with E-state index in [-0.39, 0.29) is 11.6 Å². The molecule has 1 aromatic heterocycles. The van der Waals surface area contributed by atoms with Crippen molar-refractivity contribution in [2.75, 3.05) is 6.54 Å². The minimum absolute atomic E-state index is 0.250. The first-order chi connectivity index (χ1) is 13.5. The molecule has 6 nitrogen and oxygen atoms in total. The molecule has 3 rings (SSSR count). The largest absolute Gasteiger partial charge is 0.354 e. The van der Waals surface area contributed by atoms with Gasteiger partial charge in [0, 0.05) is 6.54 Å². The van der Waals surface area contributed by atoms with E-state index in [1.165, 1.54) is 28.8 Å². The lowest BCUT2D eigenvalue weighted by Gasteiger charge is -2.21. The molecular weight excluding hydrogens is 361 g/mol. The van der Waals surface area contributed by atoms with Crippen LogP contribution >= 0.6 is 0 Å². The first-order valence-electron chi connectivity index (χ1n) is 9.29. The second-order valence-corrected chi connectivity index (χ2v) is 6.50. The maximum absolute atomic E-state index is 13.3. The van der Waals surface area contributed by atoms with E-state index in [0.717, 1.165) is 11.0 Å². The van der Waals surface area contributed by atoms with Crippen molar-refractivity contribution in [1.29, 1.82) is 0 Å². The summed E-state index contributed by atoms with van der Waals surface area (Å²) in [6, 6.07) is 11.0. The minimum Gasteiger partial charge on any atom is -0.354 e. The van der Waals surface area contributed by atoms with Gasteiger partial charge in [-0.15, -0.1) is 0 Å². The molecular formula is C21H22FN3O3. The predicted octanol–water partition coefficient (Wildman–Crippen LogP) is 2.77. The van der Waals surface area contributed by atoms with Crippen LogP contribution in [0.25, 0.3) is 16.6 Å². The van der Waals surface area contributed by atoms with E-state index < -0.39 is 23.1 Å². The van der Waals surface area contributed by atoms with Gasteiger partial charge in [-0.1, -0.05) is 26.0 Å². The number of hydrogen-bond donors (Lipinski definition) is 1. The second kappa shape index (κ2) is 8.21. The predicted molar refractivity (Wildman–Crippen MR) is 106 cm³/mol. The average Bonchev–Trinajstić information content (AvgIpc) is 2.70. The van der Waals surface area contributed by atoms with Gasteiger partial charge in [-0.05, 0) is 49.2 Å². The van der Waals surface area contributed by atoms with Gasteiger partial charge in [0.15, 0.2) is 0 Å². The van der Waals surface area contributed by atoms with Gasteiger partial charge in [0.25, 0.3) is 5.56 Å². The molecule has 0 aliphatic carbocycles. The molecule has 0 aliphatic rings. The van der Waals surface area contributed by atoms with Crippen molar-refractivity contribution in [1.82, 2.24) is 14.5 Å². The number of amides is 1. The van der Waals surface area contributed by atoms with Gasteiger partial charge in [-0.2, -0.15) is 0 Å². The van der Waals surface area contributed by atoms with Crippen molar-refractivity contribution in [3.05, 3.63) is 75.2 Å². The number of nitrogens with one attached hydrogen (secondary N) is 1. The summed E-state index contributed by atoms with van der Waals surface area (Å²) in [5.74, 6) is -0.746. The molecule has 1 N–H and O–H groups in total. The standard InChI is InChI=1S/C21H22FN3O3/c1-3-13-23-19(26)17(4-2)25-18-8-6-5-7-16(18)20(27)24(21(25)28)15-11-9-14(22)10-12-15/h5-12,17H,3-4,13H2,1-2H3,(H,23,26)/t17-/m0/s1. The number of rotatable bonds is 6. The van der Waals surface area contributed by atoms with E-state index in [4.69, 9.17) is 0 Å². The third kappa shape index (κ3) is 3.47. The zero-order chi connectivity index (χ0) is 20.3. The maximum Gasteiger partial charge on any atom is 0.336 e. The molecule has 0 radical (unpaired) electrons. The summed E-state index contributed by atoms with van der Waals surface area (Å²) in [6.07, 6.45) is 1.15. The Labute approximate surface area is 161 Å². The molecule has 1 atom stereocenters. The summed E-state index contributed by atoms with van der Waals surface area (Å²) in [7, 11) is 0. The number of aromatic nitrogens is 2. The Kier molecular flexibility index (Phi) is 5.73. The molecule has 28 heavy (non-hydrogen) atoms. The van der Waals surface area contributed by atoms with Crippen LogP contribution in [0.15, 0.2) is 58.1 Å². The van der Waals surface area contributed by atoms with Crippen LogP contribution in [0.2, 0.25) is 0 Å². The van der Waals surface area contributed by atoms with E-state index >= 15 is 0 Å². The fourth-order valence-electron chi connectivity index (χ4n) is 3.25. The van der Waals surface area contributed by atoms with Crippen LogP contribution in [0.1, 0.15) is 32.7 Å². The maximum atomic E-state index is 13.3. The highest BCUT2D eigenvalue weighted by Crippen LogP contribution is 2.17. The van der Waals surface area contributed by atoms with Crippen LogP contribution in [0.4, 0.5) is 4.39 Å². The Balaban J connectivity index is 2.33. The van der Waals surface area contributed by atoms with E-state index in [1.807, 2.05) is 13.8 Å². The van der Waals surface area contributed by atoms with Crippen molar-refractivity contribution in [2.24, 2.45) is 0 Å². The lowest BCUT2D eigenvalue weighted by atomic mass is 10.1. The van der Waals surface area contributed by atoms with Crippen molar-refractivity contribution in [3.63, 3.8) is 0 Å². The molecule has 0 fully saturated rings. The zero-order valence-corrected chi connectivity index (χ0v) is 15.8. The van der Waals surface area contributed by atoms with Gasteiger partial charge < -0.3 is 5.32 Å². The molecule has 3 aromatic rings. The number of fused-ring (bicyclic) bond motifs is 1. The van der Waals surface area contributed by atoms with Crippen LogP contribution in [0.3, 0.4) is 0 Å². The summed E-state index contributed by atoms with van der Waals surface area (Å²) in [6.45, 7) is 4.25. The van der Waals surface area contributed by atoms with Crippen molar-refractivity contribution < 1.29 is 9.18 Å². The lowest BCUT2D eigenvalue weighted by Crippen LogP contribution is -2.44. The minimum atomic E-state index is -0.767. The third-order valence-corrected chi connectivity index (χ3v) is 4.63. The monoisotopic (exact) mass is 383 g/mol. The normalized spacial score (nSPS) is 12.1. The number of hydrogen-bond acceptors (Lipinski definition) is 3. The van der Waals surface area contributed by atoms with Gasteiger partial charge >= 0.3 is 5.69 Å². The number of halogens is 1. The van der Waals surface area contributed by atoms with E-state index in [9.17, 15) is 18.8 Å². The second-order valence-electron chi connectivity index (χ2n) is 6.50. The van der Waals surface area contributed by atoms with E-state index in [0.29, 0.717) is 23.9 Å². The quantitative estimate of drug-likeness (QED) is 0.711. The summed E-state index contributed by atoms with van der Waals surface area (Å²) in [5.41, 5.74) is -0.491. The lowest BCUT2D eigenvalue weighted by molar-refractivity contribution is -0.124. The Morgan fingerprint density at radius 1 is 1.07 bits per heavy atom. The smallest absolute Gasteiger partial charge is 0.336 e. The highest BCUT2D eigenvalue weighted by Gasteiger charge is 2.24. The van der Waals surface area contributed by atoms with Crippen LogP contribution < -0.4 is 16.6 Å². The number of nitrogens with zero attached hydrogens (tertiary/aromatic N) is 2. The Bertz CT molecular complexity index is 1120. The topological polar surface area (TPSA) is 73.1 Å². The zero-order valence-electron chi connectivity index (χ0n) is 15.8. The molecule has 7 heteroatoms. The van der Waals surface area contributed by atoms with Gasteiger partial charge in [-0.25, -0.2) is 13.8 Å². The molecule has 0 spiro atoms. The van der Waals surface area contributed by atoms with Crippen molar-refractivity contribution in [2.45, 2.75) is 32.7 Å². The van der Waals surface area contributed by atoms with Crippen molar-refractivity contribution >= 4 is 16.8 Å². The Morgan fingerprint density at radius 3 is 2.39 bits per heavy atom. The van der Waals surface area contributed by atoms with Crippen LogP contribution in [0.5, 0.6) is 0 Å². The molecule has 2 aromatic carbocycles. The first kappa shape index (κ1) is 19.5. The molecule has 146 valence electrons. The van der Waals surface area contributed by atoms with E-state index in [2.05, 4.69) is 5.32 Å². The molecule has 1 amide bonds. The molecule has 0 aliphatic heterocycles. The van der Waals surface area contributed by atoms with Gasteiger partial charge in [0.2, 0.25) is 5.91 Å². The number of para-hydroxylation sites is 1. The van der Waals surface area contributed by atoms with Crippen LogP contribution in [0, 0.1) is 5.82 Å². The summed E-state index contributed by atoms with van der Waals surface area (Å²) >= 11 is 0. The van der Waals surface area contributed by atoms with Gasteiger partial charge in [0.05, 0.1) is 16.6 Å². The highest BCUT2D eigenvalue weighted by atomic mass is 19.1. The summed E-state index contributed by atoms with van der Waals surface area (Å²) in [4.78, 5) is 39.0. The molecule has 0 saturated carbocycles. The number of benzene rings is 2. The SMILES string of the molecule is CCCNC(=O)[C@H](CC)n1c(=O)n(-c2ccc(F)cc2)c(=O)c2ccccc21. The fourth-order valence-corrected chi connectivity index (χ4v) is 3.25. The van der Waals surface area contributed by atoms with Crippen LogP contribution in [-0.4, -0.2) is 21.6 Å². The molecule has 0 bridgehead atoms. The first-order valence-corrected chi connectivity index (χ1v) is 9.29. The Hall–Kier alpha value is -3.22. The van der Waals surface area contributed by atoms with Crippen LogP contribution in [-0.2, 0) is 4.79 Å². The fraction of sp³-hybridized carbons (Fsp3) is 0.286. The molecule has 0 unspecified atom stereocenters. The third-order valence-electron chi connectivity index (χ3n) is 4.63. The van der Waals surface area contributed by atoms with Crippen molar-refractivity contribution in [3.8, 4) is 5.69 Å². The summed E-state index contributed by atoms with van der Waals surface area (Å²) in [5, 5.41) is 3.13.